The van der Waals surface area contributed by atoms with Crippen molar-refractivity contribution >= 4 is 10.9 Å². The summed E-state index contributed by atoms with van der Waals surface area (Å²) in [6.45, 7) is 0.936. The van der Waals surface area contributed by atoms with Gasteiger partial charge in [0.05, 0.1) is 7.11 Å². The first kappa shape index (κ1) is 8.80. The Kier molecular flexibility index (Phi) is 1.76. The third-order valence-corrected chi connectivity index (χ3v) is 3.08. The molecule has 1 aromatic carbocycles. The van der Waals surface area contributed by atoms with E-state index in [-0.39, 0.29) is 6.04 Å². The molecule has 1 unspecified atom stereocenters. The minimum atomic E-state index is 0.284. The maximum absolute atomic E-state index is 5.93. The lowest BCUT2D eigenvalue weighted by atomic mass is 10.2. The molecule has 2 N–H and O–H groups in total. The zero-order valence-electron chi connectivity index (χ0n) is 8.73. The van der Waals surface area contributed by atoms with Crippen molar-refractivity contribution in [3.8, 4) is 5.75 Å². The van der Waals surface area contributed by atoms with E-state index in [1.54, 1.807) is 7.11 Å². The van der Waals surface area contributed by atoms with Gasteiger partial charge in [0, 0.05) is 35.6 Å². The van der Waals surface area contributed by atoms with E-state index in [2.05, 4.69) is 22.8 Å². The summed E-state index contributed by atoms with van der Waals surface area (Å²) < 4.78 is 7.52. The largest absolute Gasteiger partial charge is 0.497 e. The zero-order valence-corrected chi connectivity index (χ0v) is 8.73. The van der Waals surface area contributed by atoms with Crippen LogP contribution in [0.5, 0.6) is 5.75 Å². The van der Waals surface area contributed by atoms with E-state index in [1.165, 1.54) is 16.6 Å². The van der Waals surface area contributed by atoms with Gasteiger partial charge in [-0.2, -0.15) is 0 Å². The van der Waals surface area contributed by atoms with Crippen LogP contribution in [0, 0.1) is 0 Å². The van der Waals surface area contributed by atoms with Gasteiger partial charge in [-0.05, 0) is 24.3 Å². The molecule has 78 valence electrons. The molecule has 0 saturated heterocycles. The van der Waals surface area contributed by atoms with Crippen molar-refractivity contribution in [2.24, 2.45) is 5.73 Å². The second kappa shape index (κ2) is 3.00. The Morgan fingerprint density at radius 2 is 2.27 bits per heavy atom. The number of nitrogens with two attached hydrogens (primary N) is 1. The molecule has 3 rings (SSSR count). The van der Waals surface area contributed by atoms with Crippen LogP contribution in [-0.4, -0.2) is 17.7 Å². The molecule has 1 aliphatic rings. The molecule has 3 heteroatoms. The minimum Gasteiger partial charge on any atom is -0.497 e. The third-order valence-electron chi connectivity index (χ3n) is 3.08. The molecule has 0 saturated carbocycles. The maximum Gasteiger partial charge on any atom is 0.119 e. The predicted molar refractivity (Wildman–Crippen MR) is 60.2 cm³/mol. The van der Waals surface area contributed by atoms with Crippen LogP contribution in [0.2, 0.25) is 0 Å². The molecule has 2 aromatic rings. The summed E-state index contributed by atoms with van der Waals surface area (Å²) in [7, 11) is 1.70. The summed E-state index contributed by atoms with van der Waals surface area (Å²) in [6, 6.07) is 8.68. The molecule has 0 amide bonds. The molecule has 0 fully saturated rings. The van der Waals surface area contributed by atoms with Crippen molar-refractivity contribution in [3.63, 3.8) is 0 Å². The monoisotopic (exact) mass is 202 g/mol. The van der Waals surface area contributed by atoms with Crippen LogP contribution in [0.15, 0.2) is 24.3 Å². The molecule has 0 aliphatic carbocycles. The Balaban J connectivity index is 2.19. The van der Waals surface area contributed by atoms with E-state index < -0.39 is 0 Å². The molecule has 0 spiro atoms. The zero-order chi connectivity index (χ0) is 10.4. The summed E-state index contributed by atoms with van der Waals surface area (Å²) in [6.07, 6.45) is 0.983. The molecule has 3 nitrogen and oxygen atoms in total. The van der Waals surface area contributed by atoms with Gasteiger partial charge >= 0.3 is 0 Å². The first-order valence-electron chi connectivity index (χ1n) is 5.19. The van der Waals surface area contributed by atoms with Crippen molar-refractivity contribution in [3.05, 3.63) is 30.0 Å². The normalized spacial score (nSPS) is 19.5. The molecule has 0 radical (unpaired) electrons. The highest BCUT2D eigenvalue weighted by atomic mass is 16.5. The summed E-state index contributed by atoms with van der Waals surface area (Å²) in [4.78, 5) is 0. The molecular weight excluding hydrogens is 188 g/mol. The average molecular weight is 202 g/mol. The fourth-order valence-electron chi connectivity index (χ4n) is 2.39. The van der Waals surface area contributed by atoms with Gasteiger partial charge < -0.3 is 15.0 Å². The highest BCUT2D eigenvalue weighted by Crippen LogP contribution is 2.28. The number of hydrogen-bond acceptors (Lipinski definition) is 2. The SMILES string of the molecule is COc1ccc2c(c1)cc1n2CC(N)C1. The van der Waals surface area contributed by atoms with E-state index in [4.69, 9.17) is 10.5 Å². The summed E-state index contributed by atoms with van der Waals surface area (Å²) in [5.41, 5.74) is 8.53. The van der Waals surface area contributed by atoms with E-state index in [0.29, 0.717) is 0 Å². The number of nitrogens with zero attached hydrogens (tertiary/aromatic N) is 1. The molecule has 1 atom stereocenters. The van der Waals surface area contributed by atoms with Crippen LogP contribution >= 0.6 is 0 Å². The van der Waals surface area contributed by atoms with Gasteiger partial charge in [0.25, 0.3) is 0 Å². The number of methoxy groups -OCH3 is 1. The van der Waals surface area contributed by atoms with Crippen molar-refractivity contribution in [2.45, 2.75) is 19.0 Å². The lowest BCUT2D eigenvalue weighted by Gasteiger charge is -2.04. The van der Waals surface area contributed by atoms with Gasteiger partial charge in [0.2, 0.25) is 0 Å². The number of benzene rings is 1. The van der Waals surface area contributed by atoms with Gasteiger partial charge in [-0.1, -0.05) is 0 Å². The minimum absolute atomic E-state index is 0.284. The Morgan fingerprint density at radius 3 is 3.07 bits per heavy atom. The Labute approximate surface area is 88.4 Å². The average Bonchev–Trinajstić information content (AvgIpc) is 2.72. The molecule has 0 bridgehead atoms. The van der Waals surface area contributed by atoms with Gasteiger partial charge in [0.1, 0.15) is 5.75 Å². The third kappa shape index (κ3) is 1.23. The fraction of sp³-hybridized carbons (Fsp3) is 0.333. The summed E-state index contributed by atoms with van der Waals surface area (Å²) >= 11 is 0. The van der Waals surface area contributed by atoms with Crippen LogP contribution in [0.1, 0.15) is 5.69 Å². The van der Waals surface area contributed by atoms with Crippen LogP contribution < -0.4 is 10.5 Å². The lowest BCUT2D eigenvalue weighted by Crippen LogP contribution is -2.20. The van der Waals surface area contributed by atoms with Crippen molar-refractivity contribution < 1.29 is 4.74 Å². The van der Waals surface area contributed by atoms with Crippen molar-refractivity contribution in [1.29, 1.82) is 0 Å². The first-order valence-corrected chi connectivity index (χ1v) is 5.19. The van der Waals surface area contributed by atoms with Crippen molar-refractivity contribution in [2.75, 3.05) is 7.11 Å². The van der Waals surface area contributed by atoms with Crippen LogP contribution in [0.3, 0.4) is 0 Å². The van der Waals surface area contributed by atoms with Crippen molar-refractivity contribution in [1.82, 2.24) is 4.57 Å². The maximum atomic E-state index is 5.93. The molecule has 1 aliphatic heterocycles. The lowest BCUT2D eigenvalue weighted by molar-refractivity contribution is 0.415. The van der Waals surface area contributed by atoms with Gasteiger partial charge in [-0.15, -0.1) is 0 Å². The highest BCUT2D eigenvalue weighted by Gasteiger charge is 2.20. The van der Waals surface area contributed by atoms with Gasteiger partial charge in [0.15, 0.2) is 0 Å². The number of hydrogen-bond donors (Lipinski definition) is 1. The quantitative estimate of drug-likeness (QED) is 0.761. The Bertz CT molecular complexity index is 516. The molecule has 15 heavy (non-hydrogen) atoms. The van der Waals surface area contributed by atoms with Gasteiger partial charge in [-0.25, -0.2) is 0 Å². The number of fused-ring (bicyclic) bond motifs is 3. The van der Waals surface area contributed by atoms with E-state index in [0.717, 1.165) is 18.7 Å². The first-order chi connectivity index (χ1) is 7.28. The van der Waals surface area contributed by atoms with E-state index in [9.17, 15) is 0 Å². The smallest absolute Gasteiger partial charge is 0.119 e. The Hall–Kier alpha value is -1.48. The second-order valence-electron chi connectivity index (χ2n) is 4.14. The number of ether oxygens (including phenoxy) is 1. The van der Waals surface area contributed by atoms with Crippen LogP contribution in [0.25, 0.3) is 10.9 Å². The molecule has 1 aromatic heterocycles. The molecular formula is C12H14N2O. The van der Waals surface area contributed by atoms with Crippen LogP contribution in [0.4, 0.5) is 0 Å². The Morgan fingerprint density at radius 1 is 1.40 bits per heavy atom. The van der Waals surface area contributed by atoms with Gasteiger partial charge in [-0.3, -0.25) is 0 Å². The topological polar surface area (TPSA) is 40.2 Å². The summed E-state index contributed by atoms with van der Waals surface area (Å²) in [5, 5.41) is 1.25. The second-order valence-corrected chi connectivity index (χ2v) is 4.14. The van der Waals surface area contributed by atoms with E-state index >= 15 is 0 Å². The standard InChI is InChI=1S/C12H14N2O/c1-15-11-2-3-12-8(5-11)4-10-6-9(13)7-14(10)12/h2-5,9H,6-7,13H2,1H3. The number of aromatic nitrogens is 1. The predicted octanol–water partition coefficient (Wildman–Crippen LogP) is 1.53. The number of rotatable bonds is 1. The fourth-order valence-corrected chi connectivity index (χ4v) is 2.39. The van der Waals surface area contributed by atoms with Crippen LogP contribution in [-0.2, 0) is 13.0 Å². The highest BCUT2D eigenvalue weighted by molar-refractivity contribution is 5.83. The summed E-state index contributed by atoms with van der Waals surface area (Å²) in [5.74, 6) is 0.913. The molecule has 2 heterocycles. The van der Waals surface area contributed by atoms with E-state index in [1.807, 2.05) is 6.07 Å².